The summed E-state index contributed by atoms with van der Waals surface area (Å²) in [6.07, 6.45) is -0.957. The summed E-state index contributed by atoms with van der Waals surface area (Å²) in [4.78, 5) is 29.4. The van der Waals surface area contributed by atoms with Crippen LogP contribution in [0.4, 0.5) is 23.2 Å². The normalized spacial score (nSPS) is 23.5. The topological polar surface area (TPSA) is 43.9 Å². The van der Waals surface area contributed by atoms with Crippen molar-refractivity contribution in [3.8, 4) is 0 Å². The van der Waals surface area contributed by atoms with E-state index in [1.807, 2.05) is 6.92 Å². The van der Waals surface area contributed by atoms with Crippen molar-refractivity contribution in [2.45, 2.75) is 89.6 Å². The number of amides is 2. The van der Waals surface area contributed by atoms with Crippen LogP contribution in [0.3, 0.4) is 0 Å². The molecule has 184 valence electrons. The molecule has 2 aliphatic rings. The summed E-state index contributed by atoms with van der Waals surface area (Å²) in [6, 6.07) is 5.11. The fourth-order valence-electron chi connectivity index (χ4n) is 5.46. The molecule has 1 aromatic rings. The monoisotopic (exact) mass is 471 g/mol. The van der Waals surface area contributed by atoms with Crippen LogP contribution in [0.1, 0.15) is 59.3 Å². The Morgan fingerprint density at radius 2 is 1.70 bits per heavy atom. The lowest BCUT2D eigenvalue weighted by atomic mass is 9.96. The Morgan fingerprint density at radius 3 is 2.21 bits per heavy atom. The third kappa shape index (κ3) is 5.86. The highest BCUT2D eigenvalue weighted by molar-refractivity contribution is 5.92. The van der Waals surface area contributed by atoms with E-state index in [0.29, 0.717) is 38.0 Å². The van der Waals surface area contributed by atoms with E-state index in [1.165, 1.54) is 19.1 Å². The van der Waals surface area contributed by atoms with E-state index in [0.717, 1.165) is 24.2 Å². The largest absolute Gasteiger partial charge is 0.471 e. The van der Waals surface area contributed by atoms with Gasteiger partial charge in [0.2, 0.25) is 5.91 Å². The number of likely N-dealkylation sites (tertiary alicyclic amines) is 2. The molecule has 0 aromatic heterocycles. The number of rotatable bonds is 6. The zero-order chi connectivity index (χ0) is 24.3. The van der Waals surface area contributed by atoms with Crippen LogP contribution in [0.15, 0.2) is 24.3 Å². The highest BCUT2D eigenvalue weighted by Crippen LogP contribution is 2.34. The molecule has 0 aliphatic carbocycles. The lowest BCUT2D eigenvalue weighted by Gasteiger charge is -2.42. The van der Waals surface area contributed by atoms with Gasteiger partial charge in [0.1, 0.15) is 5.82 Å². The Kier molecular flexibility index (Phi) is 8.03. The van der Waals surface area contributed by atoms with Crippen LogP contribution in [0.5, 0.6) is 0 Å². The molecule has 1 aromatic carbocycles. The number of alkyl halides is 3. The summed E-state index contributed by atoms with van der Waals surface area (Å²) in [6.45, 7) is 6.62. The van der Waals surface area contributed by atoms with E-state index in [2.05, 4.69) is 4.90 Å². The summed E-state index contributed by atoms with van der Waals surface area (Å²) >= 11 is 0. The van der Waals surface area contributed by atoms with Crippen LogP contribution >= 0.6 is 0 Å². The molecule has 0 spiro atoms. The van der Waals surface area contributed by atoms with Crippen molar-refractivity contribution in [3.05, 3.63) is 30.1 Å². The number of hydrogen-bond donors (Lipinski definition) is 0. The first-order chi connectivity index (χ1) is 15.5. The van der Waals surface area contributed by atoms with Gasteiger partial charge in [0.25, 0.3) is 0 Å². The molecule has 2 fully saturated rings. The lowest BCUT2D eigenvalue weighted by molar-refractivity contribution is -0.188. The van der Waals surface area contributed by atoms with Crippen molar-refractivity contribution in [1.82, 2.24) is 9.80 Å². The maximum Gasteiger partial charge on any atom is 0.471 e. The molecule has 5 nitrogen and oxygen atoms in total. The van der Waals surface area contributed by atoms with E-state index in [1.54, 1.807) is 24.0 Å². The van der Waals surface area contributed by atoms with Gasteiger partial charge in [-0.3, -0.25) is 9.59 Å². The number of carbonyl (C=O) groups is 2. The third-order valence-corrected chi connectivity index (χ3v) is 7.10. The molecule has 3 unspecified atom stereocenters. The second kappa shape index (κ2) is 10.4. The molecule has 0 bridgehead atoms. The van der Waals surface area contributed by atoms with Crippen molar-refractivity contribution < 1.29 is 27.2 Å². The quantitative estimate of drug-likeness (QED) is 0.563. The molecule has 0 radical (unpaired) electrons. The van der Waals surface area contributed by atoms with Gasteiger partial charge in [0, 0.05) is 49.9 Å². The molecule has 33 heavy (non-hydrogen) atoms. The molecule has 0 N–H and O–H groups in total. The minimum atomic E-state index is -4.85. The molecule has 0 saturated carbocycles. The summed E-state index contributed by atoms with van der Waals surface area (Å²) in [7, 11) is 0. The standard InChI is InChI=1S/C24H33F4N3O2/c1-4-19(15-22-8-5-16(2)30(22)23(33)24(26,27)28)29-13-11-21(12-14-29)31(17(3)32)20-9-6-18(25)7-10-20/h6-7,9-10,16,19,21-22H,4-5,8,11-15H2,1-3H3. The average molecular weight is 472 g/mol. The number of benzene rings is 1. The smallest absolute Gasteiger partial charge is 0.329 e. The van der Waals surface area contributed by atoms with Crippen LogP contribution in [0.25, 0.3) is 0 Å². The first kappa shape index (κ1) is 25.5. The second-order valence-corrected chi connectivity index (χ2v) is 9.22. The Hall–Kier alpha value is -2.16. The molecule has 2 aliphatic heterocycles. The van der Waals surface area contributed by atoms with Crippen molar-refractivity contribution >= 4 is 17.5 Å². The van der Waals surface area contributed by atoms with Gasteiger partial charge in [-0.25, -0.2) is 4.39 Å². The van der Waals surface area contributed by atoms with E-state index in [9.17, 15) is 27.2 Å². The highest BCUT2D eigenvalue weighted by atomic mass is 19.4. The summed E-state index contributed by atoms with van der Waals surface area (Å²) in [5, 5.41) is 0. The van der Waals surface area contributed by atoms with Gasteiger partial charge in [0.15, 0.2) is 0 Å². The maximum absolute atomic E-state index is 13.3. The Morgan fingerprint density at radius 1 is 1.09 bits per heavy atom. The SMILES string of the molecule is CCC(CC1CCC(C)N1C(=O)C(F)(F)F)N1CCC(N(C(C)=O)c2ccc(F)cc2)CC1. The summed E-state index contributed by atoms with van der Waals surface area (Å²) in [5.74, 6) is -2.20. The average Bonchev–Trinajstić information content (AvgIpc) is 3.12. The maximum atomic E-state index is 13.3. The first-order valence-electron chi connectivity index (χ1n) is 11.7. The van der Waals surface area contributed by atoms with Gasteiger partial charge < -0.3 is 14.7 Å². The fraction of sp³-hybridized carbons (Fsp3) is 0.667. The summed E-state index contributed by atoms with van der Waals surface area (Å²) in [5.41, 5.74) is 0.663. The Bertz CT molecular complexity index is 822. The molecule has 2 saturated heterocycles. The Balaban J connectivity index is 1.64. The third-order valence-electron chi connectivity index (χ3n) is 7.10. The van der Waals surface area contributed by atoms with Crippen molar-refractivity contribution in [2.24, 2.45) is 0 Å². The van der Waals surface area contributed by atoms with Crippen LogP contribution in [0, 0.1) is 5.82 Å². The number of anilines is 1. The zero-order valence-corrected chi connectivity index (χ0v) is 19.4. The number of carbonyl (C=O) groups excluding carboxylic acids is 2. The number of halogens is 4. The number of hydrogen-bond acceptors (Lipinski definition) is 3. The zero-order valence-electron chi connectivity index (χ0n) is 19.4. The van der Waals surface area contributed by atoms with E-state index >= 15 is 0 Å². The van der Waals surface area contributed by atoms with E-state index in [4.69, 9.17) is 0 Å². The molecule has 3 atom stereocenters. The van der Waals surface area contributed by atoms with Crippen LogP contribution in [-0.4, -0.2) is 65.0 Å². The predicted octanol–water partition coefficient (Wildman–Crippen LogP) is 4.75. The number of nitrogens with zero attached hydrogens (tertiary/aromatic N) is 3. The second-order valence-electron chi connectivity index (χ2n) is 9.22. The van der Waals surface area contributed by atoms with Gasteiger partial charge >= 0.3 is 12.1 Å². The van der Waals surface area contributed by atoms with Crippen LogP contribution < -0.4 is 4.90 Å². The Labute approximate surface area is 192 Å². The van der Waals surface area contributed by atoms with Crippen LogP contribution in [-0.2, 0) is 9.59 Å². The van der Waals surface area contributed by atoms with Crippen molar-refractivity contribution in [3.63, 3.8) is 0 Å². The predicted molar refractivity (Wildman–Crippen MR) is 118 cm³/mol. The van der Waals surface area contributed by atoms with E-state index < -0.39 is 24.2 Å². The fourth-order valence-corrected chi connectivity index (χ4v) is 5.46. The molecule has 9 heteroatoms. The lowest BCUT2D eigenvalue weighted by Crippen LogP contribution is -2.52. The molecule has 2 heterocycles. The molecule has 3 rings (SSSR count). The molecule has 2 amide bonds. The van der Waals surface area contributed by atoms with E-state index in [-0.39, 0.29) is 23.8 Å². The molecular weight excluding hydrogens is 438 g/mol. The summed E-state index contributed by atoms with van der Waals surface area (Å²) < 4.78 is 52.6. The van der Waals surface area contributed by atoms with Gasteiger partial charge in [0.05, 0.1) is 0 Å². The highest BCUT2D eigenvalue weighted by Gasteiger charge is 2.48. The minimum Gasteiger partial charge on any atom is -0.329 e. The first-order valence-corrected chi connectivity index (χ1v) is 11.7. The van der Waals surface area contributed by atoms with Gasteiger partial charge in [-0.2, -0.15) is 13.2 Å². The number of piperidine rings is 1. The van der Waals surface area contributed by atoms with Gasteiger partial charge in [-0.1, -0.05) is 6.92 Å². The van der Waals surface area contributed by atoms with Crippen molar-refractivity contribution in [2.75, 3.05) is 18.0 Å². The van der Waals surface area contributed by atoms with Gasteiger partial charge in [-0.05, 0) is 69.7 Å². The van der Waals surface area contributed by atoms with Gasteiger partial charge in [-0.15, -0.1) is 0 Å². The molecular formula is C24H33F4N3O2. The van der Waals surface area contributed by atoms with Crippen LogP contribution in [0.2, 0.25) is 0 Å². The minimum absolute atomic E-state index is 0.0171. The van der Waals surface area contributed by atoms with Crippen molar-refractivity contribution in [1.29, 1.82) is 0 Å².